The zero-order valence-corrected chi connectivity index (χ0v) is 16.7. The Labute approximate surface area is 175 Å². The molecule has 156 valence electrons. The SMILES string of the molecule is O=C(C[C@H]1C(=O)N[C@@H]2CCCC[C@@H]2N1C(=O)Nc1ccccc1)Nc1ccccc1. The standard InChI is InChI=1S/C23H26N4O3/c28-21(24-16-9-3-1-4-10-16)15-20-22(29)26-18-13-7-8-14-19(18)27(20)23(30)25-17-11-5-2-6-12-17/h1-6,9-12,18-20H,7-8,13-15H2,(H,24,28)(H,25,30)(H,26,29)/t18-,19+,20+/m1/s1. The molecule has 2 aliphatic rings. The van der Waals surface area contributed by atoms with Crippen molar-refractivity contribution in [3.05, 3.63) is 60.7 Å². The van der Waals surface area contributed by atoms with Gasteiger partial charge in [-0.1, -0.05) is 49.2 Å². The summed E-state index contributed by atoms with van der Waals surface area (Å²) in [6.07, 6.45) is 3.58. The largest absolute Gasteiger partial charge is 0.349 e. The molecule has 1 aliphatic heterocycles. The normalized spacial score (nSPS) is 23.1. The van der Waals surface area contributed by atoms with Crippen LogP contribution in [0.1, 0.15) is 32.1 Å². The van der Waals surface area contributed by atoms with E-state index in [0.29, 0.717) is 11.4 Å². The first kappa shape index (κ1) is 19.9. The van der Waals surface area contributed by atoms with E-state index in [2.05, 4.69) is 16.0 Å². The maximum Gasteiger partial charge on any atom is 0.322 e. The summed E-state index contributed by atoms with van der Waals surface area (Å²) in [5.41, 5.74) is 1.32. The van der Waals surface area contributed by atoms with Crippen LogP contribution < -0.4 is 16.0 Å². The lowest BCUT2D eigenvalue weighted by Crippen LogP contribution is -2.68. The third-order valence-electron chi connectivity index (χ3n) is 5.75. The first-order valence-electron chi connectivity index (χ1n) is 10.4. The molecule has 1 aliphatic carbocycles. The van der Waals surface area contributed by atoms with E-state index < -0.39 is 6.04 Å². The molecule has 2 aromatic rings. The average Bonchev–Trinajstić information content (AvgIpc) is 2.75. The molecule has 3 atom stereocenters. The average molecular weight is 406 g/mol. The summed E-state index contributed by atoms with van der Waals surface area (Å²) in [7, 11) is 0. The van der Waals surface area contributed by atoms with Crippen LogP contribution in [0.3, 0.4) is 0 Å². The second-order valence-corrected chi connectivity index (χ2v) is 7.80. The lowest BCUT2D eigenvalue weighted by atomic mass is 9.85. The fraction of sp³-hybridized carbons (Fsp3) is 0.348. The minimum Gasteiger partial charge on any atom is -0.349 e. The Morgan fingerprint density at radius 1 is 0.900 bits per heavy atom. The van der Waals surface area contributed by atoms with E-state index in [1.165, 1.54) is 0 Å². The number of piperazine rings is 1. The van der Waals surface area contributed by atoms with Gasteiger partial charge in [0.1, 0.15) is 6.04 Å². The second-order valence-electron chi connectivity index (χ2n) is 7.80. The number of hydrogen-bond donors (Lipinski definition) is 3. The van der Waals surface area contributed by atoms with Crippen LogP contribution in [0.5, 0.6) is 0 Å². The van der Waals surface area contributed by atoms with Gasteiger partial charge in [0.25, 0.3) is 0 Å². The van der Waals surface area contributed by atoms with Crippen LogP contribution in [0.25, 0.3) is 0 Å². The van der Waals surface area contributed by atoms with E-state index in [9.17, 15) is 14.4 Å². The van der Waals surface area contributed by atoms with Crippen LogP contribution in [0.15, 0.2) is 60.7 Å². The number of hydrogen-bond acceptors (Lipinski definition) is 3. The molecule has 1 saturated heterocycles. The van der Waals surface area contributed by atoms with Gasteiger partial charge < -0.3 is 20.9 Å². The first-order valence-corrected chi connectivity index (χ1v) is 10.4. The molecule has 0 aromatic heterocycles. The molecule has 30 heavy (non-hydrogen) atoms. The molecule has 0 bridgehead atoms. The Morgan fingerprint density at radius 3 is 2.17 bits per heavy atom. The lowest BCUT2D eigenvalue weighted by Gasteiger charge is -2.47. The number of nitrogens with zero attached hydrogens (tertiary/aromatic N) is 1. The first-order chi connectivity index (χ1) is 14.6. The van der Waals surface area contributed by atoms with E-state index in [-0.39, 0.29) is 36.3 Å². The van der Waals surface area contributed by atoms with E-state index in [0.717, 1.165) is 25.7 Å². The lowest BCUT2D eigenvalue weighted by molar-refractivity contribution is -0.135. The molecule has 7 heteroatoms. The fourth-order valence-electron chi connectivity index (χ4n) is 4.35. The molecule has 4 amide bonds. The Hall–Kier alpha value is -3.35. The van der Waals surface area contributed by atoms with E-state index in [1.807, 2.05) is 36.4 Å². The molecule has 0 unspecified atom stereocenters. The van der Waals surface area contributed by atoms with E-state index in [1.54, 1.807) is 29.2 Å². The van der Waals surface area contributed by atoms with Crippen LogP contribution in [0.4, 0.5) is 16.2 Å². The summed E-state index contributed by atoms with van der Waals surface area (Å²) in [5, 5.41) is 8.75. The van der Waals surface area contributed by atoms with Crippen molar-refractivity contribution < 1.29 is 14.4 Å². The highest BCUT2D eigenvalue weighted by molar-refractivity contribution is 5.99. The topological polar surface area (TPSA) is 90.5 Å². The van der Waals surface area contributed by atoms with Crippen molar-refractivity contribution in [1.82, 2.24) is 10.2 Å². The predicted octanol–water partition coefficient (Wildman–Crippen LogP) is 3.36. The summed E-state index contributed by atoms with van der Waals surface area (Å²) < 4.78 is 0. The maximum atomic E-state index is 13.2. The van der Waals surface area contributed by atoms with Gasteiger partial charge in [-0.3, -0.25) is 9.59 Å². The fourth-order valence-corrected chi connectivity index (χ4v) is 4.35. The van der Waals surface area contributed by atoms with Crippen LogP contribution >= 0.6 is 0 Å². The number of nitrogens with one attached hydrogen (secondary N) is 3. The smallest absolute Gasteiger partial charge is 0.322 e. The minimum absolute atomic E-state index is 0.0683. The van der Waals surface area contributed by atoms with Crippen molar-refractivity contribution >= 4 is 29.2 Å². The molecular weight excluding hydrogens is 380 g/mol. The van der Waals surface area contributed by atoms with Crippen molar-refractivity contribution in [2.24, 2.45) is 0 Å². The monoisotopic (exact) mass is 406 g/mol. The van der Waals surface area contributed by atoms with Crippen LogP contribution in [0.2, 0.25) is 0 Å². The summed E-state index contributed by atoms with van der Waals surface area (Å²) in [6.45, 7) is 0. The Balaban J connectivity index is 1.54. The van der Waals surface area contributed by atoms with Gasteiger partial charge in [0.05, 0.1) is 12.5 Å². The van der Waals surface area contributed by atoms with E-state index in [4.69, 9.17) is 0 Å². The number of benzene rings is 2. The number of urea groups is 1. The number of para-hydroxylation sites is 2. The highest BCUT2D eigenvalue weighted by atomic mass is 16.2. The van der Waals surface area contributed by atoms with Crippen molar-refractivity contribution in [2.75, 3.05) is 10.6 Å². The maximum absolute atomic E-state index is 13.2. The van der Waals surface area contributed by atoms with Crippen molar-refractivity contribution in [3.63, 3.8) is 0 Å². The number of fused-ring (bicyclic) bond motifs is 1. The number of rotatable bonds is 4. The summed E-state index contributed by atoms with van der Waals surface area (Å²) in [6, 6.07) is 16.9. The molecule has 0 radical (unpaired) electrons. The number of anilines is 2. The van der Waals surface area contributed by atoms with Gasteiger partial charge >= 0.3 is 6.03 Å². The van der Waals surface area contributed by atoms with Gasteiger partial charge in [0.2, 0.25) is 11.8 Å². The van der Waals surface area contributed by atoms with Gasteiger partial charge in [-0.15, -0.1) is 0 Å². The predicted molar refractivity (Wildman–Crippen MR) is 115 cm³/mol. The van der Waals surface area contributed by atoms with Crippen LogP contribution in [-0.2, 0) is 9.59 Å². The molecule has 0 spiro atoms. The number of carbonyl (C=O) groups excluding carboxylic acids is 3. The van der Waals surface area contributed by atoms with Crippen molar-refractivity contribution in [1.29, 1.82) is 0 Å². The third kappa shape index (κ3) is 4.45. The highest BCUT2D eigenvalue weighted by Crippen LogP contribution is 2.30. The summed E-state index contributed by atoms with van der Waals surface area (Å²) >= 11 is 0. The van der Waals surface area contributed by atoms with Gasteiger partial charge in [-0.2, -0.15) is 0 Å². The minimum atomic E-state index is -0.850. The van der Waals surface area contributed by atoms with Crippen LogP contribution in [-0.4, -0.2) is 40.9 Å². The Bertz CT molecular complexity index is 903. The van der Waals surface area contributed by atoms with Gasteiger partial charge in [-0.05, 0) is 37.1 Å². The number of amides is 4. The zero-order chi connectivity index (χ0) is 20.9. The third-order valence-corrected chi connectivity index (χ3v) is 5.75. The van der Waals surface area contributed by atoms with Crippen molar-refractivity contribution in [2.45, 2.75) is 50.2 Å². The molecular formula is C23H26N4O3. The quantitative estimate of drug-likeness (QED) is 0.727. The van der Waals surface area contributed by atoms with Gasteiger partial charge in [-0.25, -0.2) is 4.79 Å². The van der Waals surface area contributed by atoms with E-state index >= 15 is 0 Å². The molecule has 3 N–H and O–H groups in total. The molecule has 4 rings (SSSR count). The van der Waals surface area contributed by atoms with Crippen LogP contribution in [0, 0.1) is 0 Å². The second kappa shape index (κ2) is 8.98. The summed E-state index contributed by atoms with van der Waals surface area (Å²) in [5.74, 6) is -0.572. The zero-order valence-electron chi connectivity index (χ0n) is 16.7. The Morgan fingerprint density at radius 2 is 1.50 bits per heavy atom. The molecule has 1 heterocycles. The molecule has 2 fully saturated rings. The molecule has 1 saturated carbocycles. The van der Waals surface area contributed by atoms with Crippen molar-refractivity contribution in [3.8, 4) is 0 Å². The Kier molecular flexibility index (Phi) is 5.97. The highest BCUT2D eigenvalue weighted by Gasteiger charge is 2.46. The van der Waals surface area contributed by atoms with Gasteiger partial charge in [0.15, 0.2) is 0 Å². The molecule has 7 nitrogen and oxygen atoms in total. The summed E-state index contributed by atoms with van der Waals surface area (Å²) in [4.78, 5) is 40.4. The molecule has 2 aromatic carbocycles. The van der Waals surface area contributed by atoms with Gasteiger partial charge in [0, 0.05) is 17.4 Å². The number of carbonyl (C=O) groups is 3.